The third-order valence-corrected chi connectivity index (χ3v) is 3.31. The Balaban J connectivity index is 2.78. The Kier molecular flexibility index (Phi) is 4.05. The van der Waals surface area contributed by atoms with E-state index in [9.17, 15) is 20.4 Å². The molecule has 2 aromatic rings. The van der Waals surface area contributed by atoms with Crippen molar-refractivity contribution >= 4 is 0 Å². The highest BCUT2D eigenvalue weighted by Crippen LogP contribution is 2.44. The summed E-state index contributed by atoms with van der Waals surface area (Å²) < 4.78 is 5.51. The number of phenols is 3. The Labute approximate surface area is 122 Å². The van der Waals surface area contributed by atoms with Gasteiger partial charge >= 0.3 is 0 Å². The molecule has 4 N–H and O–H groups in total. The lowest BCUT2D eigenvalue weighted by molar-refractivity contribution is 0.0611. The fraction of sp³-hybridized carbons (Fsp3) is 0.125. The van der Waals surface area contributed by atoms with Crippen molar-refractivity contribution in [3.05, 3.63) is 65.9 Å². The summed E-state index contributed by atoms with van der Waals surface area (Å²) in [5, 5.41) is 38.7. The molecule has 21 heavy (non-hydrogen) atoms. The highest BCUT2D eigenvalue weighted by Gasteiger charge is 2.36. The van der Waals surface area contributed by atoms with Crippen LogP contribution in [0, 0.1) is 0 Å². The van der Waals surface area contributed by atoms with E-state index in [2.05, 4.69) is 0 Å². The third-order valence-electron chi connectivity index (χ3n) is 3.31. The van der Waals surface area contributed by atoms with E-state index in [4.69, 9.17) is 4.74 Å². The number of aliphatic hydroxyl groups excluding tert-OH is 1. The largest absolute Gasteiger partial charge is 0.516 e. The topological polar surface area (TPSA) is 90.2 Å². The molecule has 0 bridgehead atoms. The first kappa shape index (κ1) is 14.7. The Hall–Kier alpha value is -2.66. The van der Waals surface area contributed by atoms with E-state index in [1.807, 2.05) is 6.07 Å². The highest BCUT2D eigenvalue weighted by atomic mass is 16.5. The van der Waals surface area contributed by atoms with Gasteiger partial charge in [-0.15, -0.1) is 0 Å². The van der Waals surface area contributed by atoms with Gasteiger partial charge in [0.05, 0.1) is 6.26 Å². The molecule has 2 rings (SSSR count). The van der Waals surface area contributed by atoms with Crippen LogP contribution in [0.15, 0.2) is 54.8 Å². The quantitative estimate of drug-likeness (QED) is 0.394. The summed E-state index contributed by atoms with van der Waals surface area (Å²) in [5.74, 6) is -1.14. The molecule has 0 saturated carbocycles. The van der Waals surface area contributed by atoms with Crippen LogP contribution in [0.4, 0.5) is 0 Å². The van der Waals surface area contributed by atoms with Crippen molar-refractivity contribution in [1.82, 2.24) is 0 Å². The molecule has 1 atom stereocenters. The summed E-state index contributed by atoms with van der Waals surface area (Å²) in [4.78, 5) is 0. The summed E-state index contributed by atoms with van der Waals surface area (Å²) in [7, 11) is 1.40. The molecule has 0 aliphatic carbocycles. The normalized spacial score (nSPS) is 14.1. The summed E-state index contributed by atoms with van der Waals surface area (Å²) >= 11 is 0. The molecule has 0 spiro atoms. The maximum absolute atomic E-state index is 10.1. The Bertz CT molecular complexity index is 651. The number of hydrogen-bond acceptors (Lipinski definition) is 5. The molecule has 0 heterocycles. The van der Waals surface area contributed by atoms with E-state index in [0.29, 0.717) is 5.56 Å². The van der Waals surface area contributed by atoms with Crippen LogP contribution in [-0.4, -0.2) is 27.5 Å². The minimum atomic E-state index is -1.35. The molecule has 0 fully saturated rings. The molecular weight excluding hydrogens is 272 g/mol. The summed E-state index contributed by atoms with van der Waals surface area (Å²) in [6.07, 6.45) is 2.10. The molecular formula is C16H16O5. The first-order chi connectivity index (χ1) is 10.0. The van der Waals surface area contributed by atoms with Crippen LogP contribution in [0.2, 0.25) is 0 Å². The minimum Gasteiger partial charge on any atom is -0.516 e. The second-order valence-electron chi connectivity index (χ2n) is 4.48. The van der Waals surface area contributed by atoms with Gasteiger partial charge in [0, 0.05) is 18.7 Å². The van der Waals surface area contributed by atoms with Gasteiger partial charge in [0.1, 0.15) is 11.4 Å². The molecule has 0 saturated heterocycles. The molecule has 0 aromatic heterocycles. The van der Waals surface area contributed by atoms with E-state index in [1.165, 1.54) is 19.3 Å². The summed E-state index contributed by atoms with van der Waals surface area (Å²) in [6.45, 7) is 0. The van der Waals surface area contributed by atoms with Crippen LogP contribution >= 0.6 is 0 Å². The van der Waals surface area contributed by atoms with Crippen LogP contribution in [0.3, 0.4) is 0 Å². The zero-order valence-electron chi connectivity index (χ0n) is 11.4. The number of phenolic OH excluding ortho intramolecular Hbond substituents is 3. The van der Waals surface area contributed by atoms with E-state index >= 15 is 0 Å². The lowest BCUT2D eigenvalue weighted by Crippen LogP contribution is -2.27. The van der Waals surface area contributed by atoms with Crippen LogP contribution in [-0.2, 0) is 10.3 Å². The lowest BCUT2D eigenvalue weighted by atomic mass is 9.85. The smallest absolute Gasteiger partial charge is 0.164 e. The van der Waals surface area contributed by atoms with Crippen LogP contribution in [0.25, 0.3) is 0 Å². The Morgan fingerprint density at radius 1 is 1.05 bits per heavy atom. The van der Waals surface area contributed by atoms with Gasteiger partial charge in [-0.3, -0.25) is 0 Å². The standard InChI is InChI=1S/C16H16O5/c1-21-16(7-8-17,11-5-3-2-4-6-11)13-9-12(18)10-14(19)15(13)20/h2-10,17-20H,1H3/b8-7+. The molecule has 0 aliphatic heterocycles. The van der Waals surface area contributed by atoms with Gasteiger partial charge in [-0.2, -0.15) is 0 Å². The van der Waals surface area contributed by atoms with Crippen molar-refractivity contribution in [3.8, 4) is 17.2 Å². The van der Waals surface area contributed by atoms with Gasteiger partial charge < -0.3 is 25.2 Å². The zero-order chi connectivity index (χ0) is 15.5. The fourth-order valence-electron chi connectivity index (χ4n) is 2.32. The van der Waals surface area contributed by atoms with Crippen LogP contribution < -0.4 is 0 Å². The van der Waals surface area contributed by atoms with Gasteiger partial charge in [-0.1, -0.05) is 30.3 Å². The van der Waals surface area contributed by atoms with Gasteiger partial charge in [0.15, 0.2) is 11.5 Å². The number of ether oxygens (including phenoxy) is 1. The lowest BCUT2D eigenvalue weighted by Gasteiger charge is -2.31. The second kappa shape index (κ2) is 5.76. The molecule has 2 aromatic carbocycles. The maximum atomic E-state index is 10.1. The van der Waals surface area contributed by atoms with E-state index in [1.54, 1.807) is 24.3 Å². The van der Waals surface area contributed by atoms with Crippen LogP contribution in [0.5, 0.6) is 17.2 Å². The SMILES string of the molecule is COC(/C=C/O)(c1ccccc1)c1cc(O)cc(O)c1O. The third kappa shape index (κ3) is 2.51. The van der Waals surface area contributed by atoms with Crippen molar-refractivity contribution < 1.29 is 25.2 Å². The molecule has 0 amide bonds. The number of hydrogen-bond donors (Lipinski definition) is 4. The van der Waals surface area contributed by atoms with Crippen molar-refractivity contribution in [1.29, 1.82) is 0 Å². The average molecular weight is 288 g/mol. The molecule has 0 aliphatic rings. The number of benzene rings is 2. The summed E-state index contributed by atoms with van der Waals surface area (Å²) in [5.41, 5.74) is -0.631. The number of aromatic hydroxyl groups is 3. The summed E-state index contributed by atoms with van der Waals surface area (Å²) in [6, 6.07) is 11.1. The molecule has 0 radical (unpaired) electrons. The van der Waals surface area contributed by atoms with Gasteiger partial charge in [0.2, 0.25) is 0 Å². The monoisotopic (exact) mass is 288 g/mol. The van der Waals surface area contributed by atoms with Gasteiger partial charge in [-0.05, 0) is 17.7 Å². The molecule has 1 unspecified atom stereocenters. The van der Waals surface area contributed by atoms with Crippen LogP contribution in [0.1, 0.15) is 11.1 Å². The number of aliphatic hydroxyl groups is 1. The van der Waals surface area contributed by atoms with Crippen molar-refractivity contribution in [2.24, 2.45) is 0 Å². The average Bonchev–Trinajstić information content (AvgIpc) is 2.49. The van der Waals surface area contributed by atoms with Gasteiger partial charge in [0.25, 0.3) is 0 Å². The number of rotatable bonds is 4. The zero-order valence-corrected chi connectivity index (χ0v) is 11.4. The van der Waals surface area contributed by atoms with E-state index in [-0.39, 0.29) is 11.3 Å². The second-order valence-corrected chi connectivity index (χ2v) is 4.48. The van der Waals surface area contributed by atoms with Crippen molar-refractivity contribution in [2.75, 3.05) is 7.11 Å². The predicted molar refractivity (Wildman–Crippen MR) is 77.4 cm³/mol. The Morgan fingerprint density at radius 3 is 2.29 bits per heavy atom. The molecule has 5 heteroatoms. The minimum absolute atomic E-state index is 0.110. The van der Waals surface area contributed by atoms with E-state index < -0.39 is 17.1 Å². The van der Waals surface area contributed by atoms with Gasteiger partial charge in [-0.25, -0.2) is 0 Å². The predicted octanol–water partition coefficient (Wildman–Crippen LogP) is 2.77. The Morgan fingerprint density at radius 2 is 1.71 bits per heavy atom. The maximum Gasteiger partial charge on any atom is 0.164 e. The number of methoxy groups -OCH3 is 1. The first-order valence-corrected chi connectivity index (χ1v) is 6.23. The first-order valence-electron chi connectivity index (χ1n) is 6.23. The van der Waals surface area contributed by atoms with Crippen molar-refractivity contribution in [2.45, 2.75) is 5.60 Å². The molecule has 110 valence electrons. The van der Waals surface area contributed by atoms with E-state index in [0.717, 1.165) is 12.3 Å². The fourth-order valence-corrected chi connectivity index (χ4v) is 2.32. The highest BCUT2D eigenvalue weighted by molar-refractivity contribution is 5.56. The molecule has 5 nitrogen and oxygen atoms in total. The van der Waals surface area contributed by atoms with Crippen molar-refractivity contribution in [3.63, 3.8) is 0 Å².